The smallest absolute Gasteiger partial charge is 0.215 e. The zero-order chi connectivity index (χ0) is 15.8. The zero-order valence-corrected chi connectivity index (χ0v) is 13.1. The predicted molar refractivity (Wildman–Crippen MR) is 90.9 cm³/mol. The Labute approximate surface area is 137 Å². The number of hydrogen-bond donors (Lipinski definition) is 3. The number of aromatic nitrogens is 3. The van der Waals surface area contributed by atoms with Gasteiger partial charge in [0, 0.05) is 30.4 Å². The van der Waals surface area contributed by atoms with E-state index >= 15 is 0 Å². The minimum atomic E-state index is 0.0154. The standard InChI is InChI=1S/C15H15N5O2S/c21-14-12(18-15(23)19-14)5-9-7-16-13-11(9)6-10(8-17-13)20-1-3-22-4-2-20/h5-8,21H,1-4H2,(H2,18,19,23). The first-order valence-corrected chi connectivity index (χ1v) is 7.72. The van der Waals surface area contributed by atoms with Gasteiger partial charge in [-0.3, -0.25) is 0 Å². The van der Waals surface area contributed by atoms with E-state index in [2.05, 4.69) is 30.9 Å². The summed E-state index contributed by atoms with van der Waals surface area (Å²) in [5, 5.41) is 9.82. The highest BCUT2D eigenvalue weighted by Crippen LogP contribution is 2.34. The van der Waals surface area contributed by atoms with E-state index in [1.54, 1.807) is 6.21 Å². The molecule has 8 heteroatoms. The van der Waals surface area contributed by atoms with E-state index in [9.17, 15) is 5.11 Å². The van der Waals surface area contributed by atoms with Crippen LogP contribution in [0.5, 0.6) is 5.88 Å². The number of nitrogens with one attached hydrogen (secondary N) is 2. The third-order valence-corrected chi connectivity index (χ3v) is 4.10. The molecule has 7 nitrogen and oxygen atoms in total. The lowest BCUT2D eigenvalue weighted by atomic mass is 10.1. The summed E-state index contributed by atoms with van der Waals surface area (Å²) >= 11 is 4.98. The van der Waals surface area contributed by atoms with Crippen molar-refractivity contribution in [2.24, 2.45) is 4.99 Å². The molecule has 23 heavy (non-hydrogen) atoms. The number of nitrogens with zero attached hydrogens (tertiary/aromatic N) is 3. The Kier molecular flexibility index (Phi) is 3.47. The lowest BCUT2D eigenvalue weighted by molar-refractivity contribution is 0.122. The van der Waals surface area contributed by atoms with Crippen molar-refractivity contribution >= 4 is 41.6 Å². The third kappa shape index (κ3) is 2.66. The van der Waals surface area contributed by atoms with E-state index in [1.165, 1.54) is 0 Å². The fourth-order valence-electron chi connectivity index (χ4n) is 2.72. The topological polar surface area (TPSA) is 89.5 Å². The van der Waals surface area contributed by atoms with E-state index in [0.717, 1.165) is 43.1 Å². The van der Waals surface area contributed by atoms with Gasteiger partial charge in [0.15, 0.2) is 10.6 Å². The van der Waals surface area contributed by atoms with Crippen molar-refractivity contribution in [3.05, 3.63) is 28.3 Å². The second-order valence-corrected chi connectivity index (χ2v) is 5.77. The molecule has 0 spiro atoms. The summed E-state index contributed by atoms with van der Waals surface area (Å²) in [6, 6.07) is 2.07. The number of H-pyrrole nitrogens is 2. The van der Waals surface area contributed by atoms with Crippen LogP contribution in [0.4, 0.5) is 11.5 Å². The van der Waals surface area contributed by atoms with E-state index < -0.39 is 0 Å². The molecule has 0 radical (unpaired) electrons. The molecule has 4 rings (SSSR count). The first kappa shape index (κ1) is 14.2. The Hall–Kier alpha value is -2.45. The van der Waals surface area contributed by atoms with Gasteiger partial charge in [-0.05, 0) is 24.4 Å². The van der Waals surface area contributed by atoms with Crippen LogP contribution in [0.1, 0.15) is 11.3 Å². The number of anilines is 1. The summed E-state index contributed by atoms with van der Waals surface area (Å²) in [6.45, 7) is 3.16. The number of aromatic hydroxyl groups is 1. The number of aromatic amines is 2. The summed E-state index contributed by atoms with van der Waals surface area (Å²) in [5.74, 6) is 0.698. The van der Waals surface area contributed by atoms with Crippen molar-refractivity contribution in [2.45, 2.75) is 0 Å². The molecule has 2 aromatic rings. The van der Waals surface area contributed by atoms with E-state index in [4.69, 9.17) is 17.0 Å². The Bertz CT molecular complexity index is 861. The van der Waals surface area contributed by atoms with Crippen LogP contribution in [-0.4, -0.2) is 52.6 Å². The van der Waals surface area contributed by atoms with Gasteiger partial charge < -0.3 is 24.7 Å². The number of fused-ring (bicyclic) bond motifs is 1. The maximum Gasteiger partial charge on any atom is 0.215 e. The molecule has 0 aromatic carbocycles. The normalized spacial score (nSPS) is 18.6. The number of rotatable bonds is 2. The minimum Gasteiger partial charge on any atom is -0.493 e. The lowest BCUT2D eigenvalue weighted by Crippen LogP contribution is -2.36. The van der Waals surface area contributed by atoms with Crippen molar-refractivity contribution in [2.75, 3.05) is 31.2 Å². The fraction of sp³-hybridized carbons (Fsp3) is 0.267. The van der Waals surface area contributed by atoms with Crippen LogP contribution in [0.25, 0.3) is 11.6 Å². The Balaban J connectivity index is 1.70. The monoisotopic (exact) mass is 329 g/mol. The molecule has 2 aliphatic rings. The van der Waals surface area contributed by atoms with Crippen LogP contribution in [0, 0.1) is 4.77 Å². The van der Waals surface area contributed by atoms with Gasteiger partial charge in [-0.2, -0.15) is 0 Å². The van der Waals surface area contributed by atoms with Crippen molar-refractivity contribution in [3.63, 3.8) is 0 Å². The number of aliphatic imine (C=N–C) groups is 1. The molecule has 2 aliphatic heterocycles. The number of pyridine rings is 1. The first-order chi connectivity index (χ1) is 11.2. The molecule has 1 fully saturated rings. The van der Waals surface area contributed by atoms with E-state index in [-0.39, 0.29) is 5.88 Å². The van der Waals surface area contributed by atoms with Gasteiger partial charge in [0.1, 0.15) is 5.69 Å². The van der Waals surface area contributed by atoms with Crippen LogP contribution >= 0.6 is 12.2 Å². The summed E-state index contributed by atoms with van der Waals surface area (Å²) in [6.07, 6.45) is 5.39. The maximum absolute atomic E-state index is 9.82. The Morgan fingerprint density at radius 2 is 2.13 bits per heavy atom. The molecule has 0 atom stereocenters. The average molecular weight is 329 g/mol. The minimum absolute atomic E-state index is 0.0154. The van der Waals surface area contributed by atoms with Crippen LogP contribution in [0.2, 0.25) is 0 Å². The largest absolute Gasteiger partial charge is 0.493 e. The maximum atomic E-state index is 9.82. The highest BCUT2D eigenvalue weighted by atomic mass is 32.1. The van der Waals surface area contributed by atoms with Crippen molar-refractivity contribution in [1.82, 2.24) is 15.0 Å². The van der Waals surface area contributed by atoms with Gasteiger partial charge in [-0.1, -0.05) is 0 Å². The summed E-state index contributed by atoms with van der Waals surface area (Å²) in [4.78, 5) is 16.6. The van der Waals surface area contributed by atoms with Gasteiger partial charge in [0.25, 0.3) is 0 Å². The lowest BCUT2D eigenvalue weighted by Gasteiger charge is -2.28. The van der Waals surface area contributed by atoms with Crippen LogP contribution < -0.4 is 4.90 Å². The molecular formula is C15H15N5O2S. The average Bonchev–Trinajstić information content (AvgIpc) is 3.11. The summed E-state index contributed by atoms with van der Waals surface area (Å²) in [5.41, 5.74) is 3.40. The molecule has 3 N–H and O–H groups in total. The molecule has 0 amide bonds. The SMILES string of the molecule is Oc1[nH]c(=S)[nH]c1C=C1C=Nc2ncc(N3CCOCC3)cc21. The van der Waals surface area contributed by atoms with Crippen LogP contribution in [0.3, 0.4) is 0 Å². The van der Waals surface area contributed by atoms with Crippen LogP contribution in [0.15, 0.2) is 17.3 Å². The molecule has 0 bridgehead atoms. The molecule has 0 aliphatic carbocycles. The zero-order valence-electron chi connectivity index (χ0n) is 12.2. The predicted octanol–water partition coefficient (Wildman–Crippen LogP) is 2.27. The molecule has 0 saturated carbocycles. The number of morpholine rings is 1. The molecule has 1 saturated heterocycles. The number of hydrogen-bond acceptors (Lipinski definition) is 6. The van der Waals surface area contributed by atoms with Gasteiger partial charge in [0.2, 0.25) is 5.88 Å². The van der Waals surface area contributed by atoms with Crippen molar-refractivity contribution in [1.29, 1.82) is 0 Å². The second-order valence-electron chi connectivity index (χ2n) is 5.36. The number of ether oxygens (including phenoxy) is 1. The molecule has 0 unspecified atom stereocenters. The van der Waals surface area contributed by atoms with E-state index in [0.29, 0.717) is 16.3 Å². The van der Waals surface area contributed by atoms with Crippen LogP contribution in [-0.2, 0) is 4.74 Å². The molecule has 4 heterocycles. The van der Waals surface area contributed by atoms with Gasteiger partial charge in [0.05, 0.1) is 25.1 Å². The molecular weight excluding hydrogens is 314 g/mol. The Morgan fingerprint density at radius 1 is 1.30 bits per heavy atom. The second kappa shape index (κ2) is 5.64. The highest BCUT2D eigenvalue weighted by Gasteiger charge is 2.18. The van der Waals surface area contributed by atoms with Gasteiger partial charge >= 0.3 is 0 Å². The van der Waals surface area contributed by atoms with Crippen molar-refractivity contribution < 1.29 is 9.84 Å². The highest BCUT2D eigenvalue weighted by molar-refractivity contribution is 7.71. The number of allylic oxidation sites excluding steroid dienone is 1. The van der Waals surface area contributed by atoms with Gasteiger partial charge in [-0.25, -0.2) is 9.98 Å². The van der Waals surface area contributed by atoms with Crippen molar-refractivity contribution in [3.8, 4) is 5.88 Å². The fourth-order valence-corrected chi connectivity index (χ4v) is 2.93. The quantitative estimate of drug-likeness (QED) is 0.736. The summed E-state index contributed by atoms with van der Waals surface area (Å²) in [7, 11) is 0. The third-order valence-electron chi connectivity index (χ3n) is 3.90. The van der Waals surface area contributed by atoms with Gasteiger partial charge in [-0.15, -0.1) is 0 Å². The Morgan fingerprint density at radius 3 is 2.87 bits per heavy atom. The molecule has 118 valence electrons. The first-order valence-electron chi connectivity index (χ1n) is 7.31. The number of imidazole rings is 1. The van der Waals surface area contributed by atoms with E-state index in [1.807, 2.05) is 12.3 Å². The summed E-state index contributed by atoms with van der Waals surface area (Å²) < 4.78 is 5.77. The molecule has 2 aromatic heterocycles.